The van der Waals surface area contributed by atoms with E-state index in [0.717, 1.165) is 38.0 Å². The van der Waals surface area contributed by atoms with Gasteiger partial charge in [0.15, 0.2) is 4.80 Å². The Morgan fingerprint density at radius 3 is 2.64 bits per heavy atom. The van der Waals surface area contributed by atoms with Crippen molar-refractivity contribution in [3.63, 3.8) is 0 Å². The van der Waals surface area contributed by atoms with Crippen molar-refractivity contribution in [3.8, 4) is 11.5 Å². The monoisotopic (exact) mass is 416 g/mol. The molecule has 0 aliphatic heterocycles. The standard InChI is InChI=1S/C21H24N2O3S2/c1-4-23-20-17(26-5-2)7-6-8-18(20)28-21(23)22-19(24)13-14-27-16-11-9-15(25-3)10-12-16/h6-12H,4-5,13-14H2,1-3H3. The number of aromatic nitrogens is 1. The first-order valence-electron chi connectivity index (χ1n) is 9.25. The third-order valence-corrected chi connectivity index (χ3v) is 6.20. The number of para-hydroxylation sites is 1. The fraction of sp³-hybridized carbons (Fsp3) is 0.333. The summed E-state index contributed by atoms with van der Waals surface area (Å²) in [6, 6.07) is 13.8. The molecule has 1 amide bonds. The van der Waals surface area contributed by atoms with E-state index in [1.165, 1.54) is 11.3 Å². The van der Waals surface area contributed by atoms with Gasteiger partial charge in [0.1, 0.15) is 17.0 Å². The van der Waals surface area contributed by atoms with Gasteiger partial charge < -0.3 is 14.0 Å². The van der Waals surface area contributed by atoms with E-state index < -0.39 is 0 Å². The fourth-order valence-corrected chi connectivity index (χ4v) is 4.81. The summed E-state index contributed by atoms with van der Waals surface area (Å²) in [6.07, 6.45) is 0.396. The van der Waals surface area contributed by atoms with Crippen LogP contribution in [0.15, 0.2) is 52.4 Å². The number of hydrogen-bond acceptors (Lipinski definition) is 5. The predicted molar refractivity (Wildman–Crippen MR) is 116 cm³/mol. The Balaban J connectivity index is 1.73. The maximum Gasteiger partial charge on any atom is 0.249 e. The van der Waals surface area contributed by atoms with E-state index in [-0.39, 0.29) is 5.91 Å². The third-order valence-electron chi connectivity index (χ3n) is 4.14. The topological polar surface area (TPSA) is 52.8 Å². The maximum atomic E-state index is 12.4. The highest BCUT2D eigenvalue weighted by Gasteiger charge is 2.11. The molecule has 0 spiro atoms. The molecule has 0 fully saturated rings. The minimum absolute atomic E-state index is 0.104. The lowest BCUT2D eigenvalue weighted by Gasteiger charge is -2.07. The first kappa shape index (κ1) is 20.5. The molecule has 28 heavy (non-hydrogen) atoms. The second-order valence-electron chi connectivity index (χ2n) is 5.94. The fourth-order valence-electron chi connectivity index (χ4n) is 2.84. The van der Waals surface area contributed by atoms with Crippen LogP contribution in [0.25, 0.3) is 10.2 Å². The molecule has 0 bridgehead atoms. The molecule has 5 nitrogen and oxygen atoms in total. The highest BCUT2D eigenvalue weighted by Crippen LogP contribution is 2.27. The van der Waals surface area contributed by atoms with Gasteiger partial charge in [0.05, 0.1) is 18.4 Å². The number of aryl methyl sites for hydroxylation is 1. The Hall–Kier alpha value is -2.25. The minimum Gasteiger partial charge on any atom is -0.497 e. The van der Waals surface area contributed by atoms with E-state index >= 15 is 0 Å². The second kappa shape index (κ2) is 9.80. The molecule has 0 aliphatic rings. The number of nitrogens with zero attached hydrogens (tertiary/aromatic N) is 2. The van der Waals surface area contributed by atoms with Crippen LogP contribution in [-0.2, 0) is 11.3 Å². The smallest absolute Gasteiger partial charge is 0.249 e. The number of methoxy groups -OCH3 is 1. The molecule has 0 atom stereocenters. The number of carbonyl (C=O) groups is 1. The van der Waals surface area contributed by atoms with Crippen LogP contribution in [0.3, 0.4) is 0 Å². The van der Waals surface area contributed by atoms with Crippen molar-refractivity contribution in [1.29, 1.82) is 0 Å². The molecule has 3 rings (SSSR count). The first-order valence-corrected chi connectivity index (χ1v) is 11.1. The van der Waals surface area contributed by atoms with Crippen LogP contribution in [0.5, 0.6) is 11.5 Å². The summed E-state index contributed by atoms with van der Waals surface area (Å²) in [6.45, 7) is 5.36. The third kappa shape index (κ3) is 4.77. The Morgan fingerprint density at radius 2 is 1.96 bits per heavy atom. The molecule has 2 aromatic carbocycles. The molecule has 7 heteroatoms. The Morgan fingerprint density at radius 1 is 1.18 bits per heavy atom. The molecule has 3 aromatic rings. The van der Waals surface area contributed by atoms with Crippen molar-refractivity contribution >= 4 is 39.2 Å². The van der Waals surface area contributed by atoms with E-state index in [0.29, 0.717) is 18.8 Å². The highest BCUT2D eigenvalue weighted by molar-refractivity contribution is 7.99. The van der Waals surface area contributed by atoms with Crippen molar-refractivity contribution in [3.05, 3.63) is 47.3 Å². The van der Waals surface area contributed by atoms with Gasteiger partial charge in [-0.2, -0.15) is 4.99 Å². The number of hydrogen-bond donors (Lipinski definition) is 0. The Kier molecular flexibility index (Phi) is 7.17. The van der Waals surface area contributed by atoms with Crippen molar-refractivity contribution in [1.82, 2.24) is 4.57 Å². The Bertz CT molecular complexity index is 1010. The summed E-state index contributed by atoms with van der Waals surface area (Å²) in [7, 11) is 1.65. The molecule has 1 aromatic heterocycles. The van der Waals surface area contributed by atoms with Gasteiger partial charge in [-0.05, 0) is 50.2 Å². The van der Waals surface area contributed by atoms with Crippen molar-refractivity contribution < 1.29 is 14.3 Å². The summed E-state index contributed by atoms with van der Waals surface area (Å²) in [5.41, 5.74) is 1.01. The zero-order valence-electron chi connectivity index (χ0n) is 16.3. The Labute approximate surface area is 173 Å². The van der Waals surface area contributed by atoms with E-state index in [2.05, 4.69) is 16.5 Å². The van der Waals surface area contributed by atoms with Crippen LogP contribution in [0.2, 0.25) is 0 Å². The molecule has 0 saturated carbocycles. The lowest BCUT2D eigenvalue weighted by atomic mass is 10.3. The van der Waals surface area contributed by atoms with E-state index in [4.69, 9.17) is 9.47 Å². The van der Waals surface area contributed by atoms with Crippen LogP contribution >= 0.6 is 23.1 Å². The number of thioether (sulfide) groups is 1. The van der Waals surface area contributed by atoms with Gasteiger partial charge in [-0.1, -0.05) is 17.4 Å². The summed E-state index contributed by atoms with van der Waals surface area (Å²) in [5.74, 6) is 2.25. The molecule has 0 aliphatic carbocycles. The molecule has 0 unspecified atom stereocenters. The summed E-state index contributed by atoms with van der Waals surface area (Å²) < 4.78 is 14.0. The van der Waals surface area contributed by atoms with Crippen LogP contribution in [0, 0.1) is 0 Å². The molecule has 1 heterocycles. The lowest BCUT2D eigenvalue weighted by Crippen LogP contribution is -2.16. The van der Waals surface area contributed by atoms with Crippen LogP contribution < -0.4 is 14.3 Å². The zero-order chi connectivity index (χ0) is 19.9. The molecule has 0 radical (unpaired) electrons. The number of thiazole rings is 1. The quantitative estimate of drug-likeness (QED) is 0.498. The minimum atomic E-state index is -0.104. The average molecular weight is 417 g/mol. The predicted octanol–water partition coefficient (Wildman–Crippen LogP) is 4.74. The van der Waals surface area contributed by atoms with E-state index in [1.807, 2.05) is 49.4 Å². The SMILES string of the molecule is CCOc1cccc2sc(=NC(=O)CCSc3ccc(OC)cc3)n(CC)c12. The van der Waals surface area contributed by atoms with Gasteiger partial charge >= 0.3 is 0 Å². The molecule has 0 saturated heterocycles. The number of carbonyl (C=O) groups excluding carboxylic acids is 1. The largest absolute Gasteiger partial charge is 0.497 e. The highest BCUT2D eigenvalue weighted by atomic mass is 32.2. The molecular weight excluding hydrogens is 392 g/mol. The van der Waals surface area contributed by atoms with E-state index in [9.17, 15) is 4.79 Å². The lowest BCUT2D eigenvalue weighted by molar-refractivity contribution is -0.117. The van der Waals surface area contributed by atoms with Crippen LogP contribution in [0.1, 0.15) is 20.3 Å². The summed E-state index contributed by atoms with van der Waals surface area (Å²) in [4.78, 5) is 18.6. The van der Waals surface area contributed by atoms with Gasteiger partial charge in [0.2, 0.25) is 5.91 Å². The van der Waals surface area contributed by atoms with E-state index in [1.54, 1.807) is 18.9 Å². The number of benzene rings is 2. The van der Waals surface area contributed by atoms with Gasteiger partial charge in [-0.15, -0.1) is 11.8 Å². The summed E-state index contributed by atoms with van der Waals surface area (Å²) >= 11 is 3.17. The number of rotatable bonds is 8. The van der Waals surface area contributed by atoms with Gasteiger partial charge in [-0.3, -0.25) is 4.79 Å². The van der Waals surface area contributed by atoms with Gasteiger partial charge in [-0.25, -0.2) is 0 Å². The zero-order valence-corrected chi connectivity index (χ0v) is 17.9. The van der Waals surface area contributed by atoms with Crippen molar-refractivity contribution in [2.75, 3.05) is 19.5 Å². The molecular formula is C21H24N2O3S2. The summed E-state index contributed by atoms with van der Waals surface area (Å²) in [5, 5.41) is 0. The second-order valence-corrected chi connectivity index (χ2v) is 8.12. The van der Waals surface area contributed by atoms with Crippen LogP contribution in [-0.4, -0.2) is 29.9 Å². The number of ether oxygens (including phenoxy) is 2. The molecule has 0 N–H and O–H groups in total. The van der Waals surface area contributed by atoms with Gasteiger partial charge in [0, 0.05) is 23.6 Å². The van der Waals surface area contributed by atoms with Gasteiger partial charge in [0.25, 0.3) is 0 Å². The maximum absolute atomic E-state index is 12.4. The van der Waals surface area contributed by atoms with Crippen molar-refractivity contribution in [2.45, 2.75) is 31.7 Å². The number of amides is 1. The first-order chi connectivity index (χ1) is 13.7. The van der Waals surface area contributed by atoms with Crippen molar-refractivity contribution in [2.24, 2.45) is 4.99 Å². The average Bonchev–Trinajstić information content (AvgIpc) is 3.06. The molecule has 148 valence electrons. The normalized spacial score (nSPS) is 11.8. The number of fused-ring (bicyclic) bond motifs is 1. The van der Waals surface area contributed by atoms with Crippen LogP contribution in [0.4, 0.5) is 0 Å².